The average molecular weight is 451 g/mol. The Labute approximate surface area is 193 Å². The van der Waals surface area contributed by atoms with E-state index in [1.165, 1.54) is 18.2 Å². The lowest BCUT2D eigenvalue weighted by atomic mass is 9.85. The molecule has 33 heavy (non-hydrogen) atoms. The van der Waals surface area contributed by atoms with E-state index in [4.69, 9.17) is 8.85 Å². The van der Waals surface area contributed by atoms with Gasteiger partial charge in [-0.1, -0.05) is 17.9 Å². The molecule has 8 heteroatoms. The van der Waals surface area contributed by atoms with Crippen molar-refractivity contribution in [2.45, 2.75) is 32.0 Å². The van der Waals surface area contributed by atoms with Gasteiger partial charge in [-0.2, -0.15) is 8.78 Å². The lowest BCUT2D eigenvalue weighted by Crippen LogP contribution is -2.50. The molecule has 3 aromatic rings. The van der Waals surface area contributed by atoms with Crippen LogP contribution in [-0.4, -0.2) is 47.0 Å². The number of carbonyl (C=O) groups is 1. The number of rotatable bonds is 2. The van der Waals surface area contributed by atoms with Gasteiger partial charge in [-0.25, -0.2) is 4.98 Å². The van der Waals surface area contributed by atoms with Crippen molar-refractivity contribution in [3.05, 3.63) is 58.9 Å². The van der Waals surface area contributed by atoms with E-state index in [9.17, 15) is 13.6 Å². The van der Waals surface area contributed by atoms with E-state index < -0.39 is 31.6 Å². The number of aromatic nitrogens is 2. The van der Waals surface area contributed by atoms with Gasteiger partial charge in [0.05, 0.1) is 28.5 Å². The van der Waals surface area contributed by atoms with Gasteiger partial charge in [-0.3, -0.25) is 4.79 Å². The van der Waals surface area contributed by atoms with Crippen LogP contribution >= 0.6 is 0 Å². The van der Waals surface area contributed by atoms with Crippen LogP contribution in [0.15, 0.2) is 36.4 Å². The van der Waals surface area contributed by atoms with Crippen LogP contribution in [0.1, 0.15) is 56.8 Å². The SMILES string of the molecule is [2H]C([2H])([2H])N1C(=O)c2cccc(OC(F)F)c2[C@H]2C[C@@H]1c1nc3ccc(C#CC4(C)CNC4)cc3n12. The fourth-order valence-corrected chi connectivity index (χ4v) is 5.00. The van der Waals surface area contributed by atoms with Gasteiger partial charge < -0.3 is 19.5 Å². The van der Waals surface area contributed by atoms with E-state index in [1.54, 1.807) is 0 Å². The predicted molar refractivity (Wildman–Crippen MR) is 118 cm³/mol. The molecule has 3 aliphatic rings. The van der Waals surface area contributed by atoms with Gasteiger partial charge in [0, 0.05) is 47.3 Å². The van der Waals surface area contributed by atoms with Crippen molar-refractivity contribution >= 4 is 16.9 Å². The molecular formula is C25H22F2N4O2. The second-order valence-electron chi connectivity index (χ2n) is 9.00. The van der Waals surface area contributed by atoms with Crippen molar-refractivity contribution in [3.8, 4) is 17.6 Å². The molecule has 3 aliphatic heterocycles. The minimum Gasteiger partial charge on any atom is -0.434 e. The Balaban J connectivity index is 1.57. The molecule has 1 saturated heterocycles. The summed E-state index contributed by atoms with van der Waals surface area (Å²) in [6, 6.07) is 8.31. The van der Waals surface area contributed by atoms with Gasteiger partial charge in [0.2, 0.25) is 0 Å². The highest BCUT2D eigenvalue weighted by molar-refractivity contribution is 5.97. The molecule has 0 aliphatic carbocycles. The van der Waals surface area contributed by atoms with Crippen molar-refractivity contribution in [1.29, 1.82) is 0 Å². The normalized spacial score (nSPS) is 24.1. The van der Waals surface area contributed by atoms with E-state index in [-0.39, 0.29) is 28.7 Å². The van der Waals surface area contributed by atoms with E-state index in [2.05, 4.69) is 29.1 Å². The maximum absolute atomic E-state index is 13.5. The summed E-state index contributed by atoms with van der Waals surface area (Å²) in [5.41, 5.74) is 2.24. The number of alkyl halides is 2. The van der Waals surface area contributed by atoms with Gasteiger partial charge in [-0.15, -0.1) is 0 Å². The topological polar surface area (TPSA) is 59.4 Å². The third-order valence-electron chi connectivity index (χ3n) is 6.69. The summed E-state index contributed by atoms with van der Waals surface area (Å²) in [5.74, 6) is 6.01. The van der Waals surface area contributed by atoms with Crippen LogP contribution < -0.4 is 10.1 Å². The number of hydrogen-bond donors (Lipinski definition) is 1. The maximum Gasteiger partial charge on any atom is 0.387 e. The molecule has 6 rings (SSSR count). The number of amides is 1. The first-order valence-corrected chi connectivity index (χ1v) is 10.7. The van der Waals surface area contributed by atoms with E-state index >= 15 is 0 Å². The molecule has 6 nitrogen and oxygen atoms in total. The van der Waals surface area contributed by atoms with Crippen molar-refractivity contribution < 1.29 is 22.4 Å². The molecule has 4 heterocycles. The van der Waals surface area contributed by atoms with Crippen molar-refractivity contribution in [2.75, 3.05) is 20.1 Å². The summed E-state index contributed by atoms with van der Waals surface area (Å²) in [6.45, 7) is -2.15. The molecule has 2 atom stereocenters. The highest BCUT2D eigenvalue weighted by Crippen LogP contribution is 2.49. The Morgan fingerprint density at radius 2 is 2.15 bits per heavy atom. The number of carbonyl (C=O) groups excluding carboxylic acids is 1. The highest BCUT2D eigenvalue weighted by atomic mass is 19.3. The van der Waals surface area contributed by atoms with E-state index in [0.29, 0.717) is 16.9 Å². The summed E-state index contributed by atoms with van der Waals surface area (Å²) in [6.07, 6.45) is 0.179. The monoisotopic (exact) mass is 451 g/mol. The van der Waals surface area contributed by atoms with Crippen LogP contribution in [0.5, 0.6) is 5.75 Å². The maximum atomic E-state index is 13.5. The van der Waals surface area contributed by atoms with Crippen molar-refractivity contribution in [3.63, 3.8) is 0 Å². The third-order valence-corrected chi connectivity index (χ3v) is 6.69. The zero-order chi connectivity index (χ0) is 25.4. The standard InChI is InChI=1S/C25H22F2N4O2/c1-25(12-28-13-25)9-8-14-6-7-16-17(10-14)31-18-11-19(22(31)29-16)30(2)23(32)15-4-3-5-20(21(15)18)33-24(26)27/h3-7,10,18-19,24,28H,11-13H2,1-2H3/t18-,19-/m1/s1/i2D3. The van der Waals surface area contributed by atoms with Gasteiger partial charge in [0.25, 0.3) is 5.91 Å². The minimum atomic E-state index is -3.10. The molecule has 0 spiro atoms. The smallest absolute Gasteiger partial charge is 0.387 e. The zero-order valence-electron chi connectivity index (χ0n) is 20.7. The summed E-state index contributed by atoms with van der Waals surface area (Å²) in [4.78, 5) is 19.0. The lowest BCUT2D eigenvalue weighted by molar-refractivity contribution is -0.0507. The van der Waals surface area contributed by atoms with E-state index in [0.717, 1.165) is 23.6 Å². The summed E-state index contributed by atoms with van der Waals surface area (Å²) < 4.78 is 57.5. The van der Waals surface area contributed by atoms with Gasteiger partial charge in [0.1, 0.15) is 11.6 Å². The number of imidazole rings is 1. The molecule has 1 aromatic heterocycles. The Morgan fingerprint density at radius 1 is 1.30 bits per heavy atom. The number of nitrogens with one attached hydrogen (secondary N) is 1. The largest absolute Gasteiger partial charge is 0.434 e. The lowest BCUT2D eigenvalue weighted by Gasteiger charge is -2.34. The van der Waals surface area contributed by atoms with Gasteiger partial charge in [-0.05, 0) is 37.3 Å². The third kappa shape index (κ3) is 3.03. The second kappa shape index (κ2) is 7.03. The molecule has 2 aromatic carbocycles. The predicted octanol–water partition coefficient (Wildman–Crippen LogP) is 3.72. The molecule has 0 unspecified atom stereocenters. The second-order valence-corrected chi connectivity index (χ2v) is 9.00. The Bertz CT molecular complexity index is 1470. The van der Waals surface area contributed by atoms with Crippen LogP contribution in [0.4, 0.5) is 8.78 Å². The number of halogens is 2. The first-order valence-electron chi connectivity index (χ1n) is 12.2. The molecule has 1 N–H and O–H groups in total. The van der Waals surface area contributed by atoms with Crippen LogP contribution in [-0.2, 0) is 0 Å². The van der Waals surface area contributed by atoms with Crippen molar-refractivity contribution in [2.24, 2.45) is 5.41 Å². The van der Waals surface area contributed by atoms with Gasteiger partial charge >= 0.3 is 6.61 Å². The van der Waals surface area contributed by atoms with Crippen LogP contribution in [0, 0.1) is 17.3 Å². The first-order chi connectivity index (χ1) is 17.1. The van der Waals surface area contributed by atoms with E-state index in [1.807, 2.05) is 22.8 Å². The minimum absolute atomic E-state index is 0.0330. The Hall–Kier alpha value is -3.44. The molecule has 2 bridgehead atoms. The first kappa shape index (κ1) is 17.1. The number of benzene rings is 2. The van der Waals surface area contributed by atoms with Gasteiger partial charge in [0.15, 0.2) is 0 Å². The Morgan fingerprint density at radius 3 is 2.88 bits per heavy atom. The molecule has 1 amide bonds. The summed E-state index contributed by atoms with van der Waals surface area (Å²) >= 11 is 0. The number of fused-ring (bicyclic) bond motifs is 9. The number of ether oxygens (including phenoxy) is 1. The quantitative estimate of drug-likeness (QED) is 0.604. The zero-order valence-corrected chi connectivity index (χ0v) is 17.7. The summed E-state index contributed by atoms with van der Waals surface area (Å²) in [7, 11) is 0. The highest BCUT2D eigenvalue weighted by Gasteiger charge is 2.45. The molecular weight excluding hydrogens is 426 g/mol. The fourth-order valence-electron chi connectivity index (χ4n) is 5.00. The molecule has 0 radical (unpaired) electrons. The Kier molecular flexibility index (Phi) is 3.64. The van der Waals surface area contributed by atoms with Crippen LogP contribution in [0.3, 0.4) is 0 Å². The fraction of sp³-hybridized carbons (Fsp3) is 0.360. The molecule has 168 valence electrons. The van der Waals surface area contributed by atoms with Crippen LogP contribution in [0.25, 0.3) is 11.0 Å². The number of nitrogens with zero attached hydrogens (tertiary/aromatic N) is 3. The summed E-state index contributed by atoms with van der Waals surface area (Å²) in [5, 5.41) is 3.22. The van der Waals surface area contributed by atoms with Crippen molar-refractivity contribution in [1.82, 2.24) is 19.8 Å². The molecule has 1 fully saturated rings. The molecule has 0 saturated carbocycles. The number of hydrogen-bond acceptors (Lipinski definition) is 4. The van der Waals surface area contributed by atoms with Crippen LogP contribution in [0.2, 0.25) is 0 Å². The average Bonchev–Trinajstić information content (AvgIpc) is 3.28.